The van der Waals surface area contributed by atoms with Crippen molar-refractivity contribution in [3.05, 3.63) is 106 Å². The zero-order chi connectivity index (χ0) is 25.1. The van der Waals surface area contributed by atoms with Crippen LogP contribution in [0.25, 0.3) is 11.0 Å². The van der Waals surface area contributed by atoms with Crippen LogP contribution in [0.1, 0.15) is 42.5 Å². The Bertz CT molecular complexity index is 1400. The van der Waals surface area contributed by atoms with Gasteiger partial charge in [0.15, 0.2) is 5.82 Å². The minimum Gasteiger partial charge on any atom is -0.352 e. The van der Waals surface area contributed by atoms with Crippen molar-refractivity contribution in [2.24, 2.45) is 5.92 Å². The molecule has 1 aliphatic heterocycles. The van der Waals surface area contributed by atoms with Crippen LogP contribution in [0, 0.1) is 12.8 Å². The average molecular weight is 481 g/mol. The van der Waals surface area contributed by atoms with Gasteiger partial charge in [0.1, 0.15) is 0 Å². The number of para-hydroxylation sites is 2. The largest absolute Gasteiger partial charge is 0.352 e. The van der Waals surface area contributed by atoms with Crippen molar-refractivity contribution in [2.45, 2.75) is 39.3 Å². The molecule has 1 atom stereocenters. The van der Waals surface area contributed by atoms with E-state index in [0.29, 0.717) is 38.3 Å². The molecule has 3 aromatic carbocycles. The Morgan fingerprint density at radius 3 is 2.36 bits per heavy atom. The molecule has 0 unspecified atom stereocenters. The summed E-state index contributed by atoms with van der Waals surface area (Å²) in [6.45, 7) is 5.82. The number of aromatic nitrogens is 2. The smallest absolute Gasteiger partial charge is 0.294 e. The molecular formula is C30H32N4O2. The van der Waals surface area contributed by atoms with Crippen LogP contribution in [0.5, 0.6) is 0 Å². The van der Waals surface area contributed by atoms with Crippen molar-refractivity contribution in [1.29, 1.82) is 0 Å². The summed E-state index contributed by atoms with van der Waals surface area (Å²) in [5.74, 6) is 0.481. The highest BCUT2D eigenvalue weighted by molar-refractivity contribution is 5.80. The molecule has 6 heteroatoms. The van der Waals surface area contributed by atoms with Crippen molar-refractivity contribution in [3.8, 4) is 0 Å². The summed E-state index contributed by atoms with van der Waals surface area (Å²) in [4.78, 5) is 33.4. The fourth-order valence-electron chi connectivity index (χ4n) is 4.93. The van der Waals surface area contributed by atoms with Crippen LogP contribution in [0.3, 0.4) is 0 Å². The Labute approximate surface area is 211 Å². The van der Waals surface area contributed by atoms with Crippen LogP contribution < -0.4 is 15.8 Å². The maximum absolute atomic E-state index is 13.7. The van der Waals surface area contributed by atoms with E-state index in [-0.39, 0.29) is 23.4 Å². The highest BCUT2D eigenvalue weighted by Crippen LogP contribution is 2.23. The number of aryl methyl sites for hydroxylation is 1. The highest BCUT2D eigenvalue weighted by atomic mass is 16.2. The molecule has 5 rings (SSSR count). The SMILES string of the molecule is Cc1ccc(Cn2c(=O)c(N3CCC(C(=O)N[C@@H](C)c4ccccc4)CC3)nc3ccccc32)cc1. The molecular weight excluding hydrogens is 448 g/mol. The molecule has 1 aliphatic rings. The summed E-state index contributed by atoms with van der Waals surface area (Å²) < 4.78 is 1.82. The standard InChI is InChI=1S/C30H32N4O2/c1-21-12-14-23(15-13-21)20-34-27-11-7-6-10-26(27)32-28(30(34)36)33-18-16-25(17-19-33)29(35)31-22(2)24-8-4-3-5-9-24/h3-15,22,25H,16-20H2,1-2H3,(H,31,35)/t22-/m0/s1. The number of anilines is 1. The minimum absolute atomic E-state index is 0.0344. The quantitative estimate of drug-likeness (QED) is 0.429. The van der Waals surface area contributed by atoms with Gasteiger partial charge in [0.2, 0.25) is 5.91 Å². The van der Waals surface area contributed by atoms with E-state index in [1.807, 2.05) is 71.0 Å². The number of hydrogen-bond donors (Lipinski definition) is 1. The van der Waals surface area contributed by atoms with Crippen molar-refractivity contribution < 1.29 is 4.79 Å². The van der Waals surface area contributed by atoms with Crippen LogP contribution in [0.4, 0.5) is 5.82 Å². The van der Waals surface area contributed by atoms with E-state index in [9.17, 15) is 9.59 Å². The number of carbonyl (C=O) groups is 1. The number of rotatable bonds is 6. The van der Waals surface area contributed by atoms with Gasteiger partial charge in [-0.2, -0.15) is 0 Å². The van der Waals surface area contributed by atoms with Crippen LogP contribution >= 0.6 is 0 Å². The summed E-state index contributed by atoms with van der Waals surface area (Å²) >= 11 is 0. The lowest BCUT2D eigenvalue weighted by Crippen LogP contribution is -2.43. The molecule has 1 aromatic heterocycles. The molecule has 4 aromatic rings. The molecule has 0 aliphatic carbocycles. The van der Waals surface area contributed by atoms with Crippen LogP contribution in [-0.4, -0.2) is 28.5 Å². The molecule has 0 radical (unpaired) electrons. The first kappa shape index (κ1) is 23.8. The number of benzene rings is 3. The second-order valence-electron chi connectivity index (χ2n) is 9.70. The number of amides is 1. The lowest BCUT2D eigenvalue weighted by molar-refractivity contribution is -0.126. The predicted octanol–water partition coefficient (Wildman–Crippen LogP) is 4.85. The van der Waals surface area contributed by atoms with E-state index >= 15 is 0 Å². The predicted molar refractivity (Wildman–Crippen MR) is 144 cm³/mol. The van der Waals surface area contributed by atoms with Crippen LogP contribution in [-0.2, 0) is 11.3 Å². The number of piperidine rings is 1. The maximum atomic E-state index is 13.7. The minimum atomic E-state index is -0.0881. The summed E-state index contributed by atoms with van der Waals surface area (Å²) in [6.07, 6.45) is 1.39. The normalized spacial score (nSPS) is 15.1. The second kappa shape index (κ2) is 10.4. The van der Waals surface area contributed by atoms with Gasteiger partial charge in [-0.25, -0.2) is 4.98 Å². The van der Waals surface area contributed by atoms with Crippen molar-refractivity contribution in [1.82, 2.24) is 14.9 Å². The Hall–Kier alpha value is -3.93. The van der Waals surface area contributed by atoms with E-state index in [0.717, 1.165) is 22.2 Å². The van der Waals surface area contributed by atoms with Gasteiger partial charge < -0.3 is 10.2 Å². The monoisotopic (exact) mass is 480 g/mol. The molecule has 2 heterocycles. The van der Waals surface area contributed by atoms with Crippen LogP contribution in [0.2, 0.25) is 0 Å². The molecule has 36 heavy (non-hydrogen) atoms. The molecule has 0 spiro atoms. The molecule has 1 amide bonds. The zero-order valence-corrected chi connectivity index (χ0v) is 20.9. The Morgan fingerprint density at radius 2 is 1.64 bits per heavy atom. The second-order valence-corrected chi connectivity index (χ2v) is 9.70. The fourth-order valence-corrected chi connectivity index (χ4v) is 4.93. The first-order chi connectivity index (χ1) is 17.5. The van der Waals surface area contributed by atoms with Gasteiger partial charge in [-0.15, -0.1) is 0 Å². The van der Waals surface area contributed by atoms with Gasteiger partial charge in [0, 0.05) is 19.0 Å². The third-order valence-electron chi connectivity index (χ3n) is 7.12. The fraction of sp³-hybridized carbons (Fsp3) is 0.300. The summed E-state index contributed by atoms with van der Waals surface area (Å²) in [6, 6.07) is 26.0. The molecule has 1 fully saturated rings. The summed E-state index contributed by atoms with van der Waals surface area (Å²) in [7, 11) is 0. The first-order valence-corrected chi connectivity index (χ1v) is 12.6. The van der Waals surface area contributed by atoms with Gasteiger partial charge in [-0.1, -0.05) is 72.3 Å². The highest BCUT2D eigenvalue weighted by Gasteiger charge is 2.28. The van der Waals surface area contributed by atoms with Gasteiger partial charge in [0.25, 0.3) is 5.56 Å². The molecule has 0 bridgehead atoms. The van der Waals surface area contributed by atoms with E-state index in [4.69, 9.17) is 4.98 Å². The Kier molecular flexibility index (Phi) is 6.85. The first-order valence-electron chi connectivity index (χ1n) is 12.6. The van der Waals surface area contributed by atoms with E-state index in [2.05, 4.69) is 36.5 Å². The van der Waals surface area contributed by atoms with E-state index in [1.54, 1.807) is 0 Å². The zero-order valence-electron chi connectivity index (χ0n) is 20.9. The number of carbonyl (C=O) groups excluding carboxylic acids is 1. The Morgan fingerprint density at radius 1 is 0.972 bits per heavy atom. The van der Waals surface area contributed by atoms with E-state index < -0.39 is 0 Å². The third kappa shape index (κ3) is 5.03. The number of nitrogens with one attached hydrogen (secondary N) is 1. The average Bonchev–Trinajstić information content (AvgIpc) is 2.92. The van der Waals surface area contributed by atoms with Gasteiger partial charge in [-0.3, -0.25) is 14.2 Å². The maximum Gasteiger partial charge on any atom is 0.294 e. The molecule has 6 nitrogen and oxygen atoms in total. The third-order valence-corrected chi connectivity index (χ3v) is 7.12. The lowest BCUT2D eigenvalue weighted by atomic mass is 9.95. The van der Waals surface area contributed by atoms with Gasteiger partial charge >= 0.3 is 0 Å². The lowest BCUT2D eigenvalue weighted by Gasteiger charge is -2.32. The molecule has 1 N–H and O–H groups in total. The van der Waals surface area contributed by atoms with Crippen LogP contribution in [0.15, 0.2) is 83.7 Å². The number of nitrogens with zero attached hydrogens (tertiary/aromatic N) is 3. The number of fused-ring (bicyclic) bond motifs is 1. The topological polar surface area (TPSA) is 67.2 Å². The van der Waals surface area contributed by atoms with Gasteiger partial charge in [0.05, 0.1) is 23.6 Å². The molecule has 1 saturated heterocycles. The van der Waals surface area contributed by atoms with Gasteiger partial charge in [-0.05, 0) is 49.9 Å². The van der Waals surface area contributed by atoms with Crippen molar-refractivity contribution in [2.75, 3.05) is 18.0 Å². The summed E-state index contributed by atoms with van der Waals surface area (Å²) in [5.41, 5.74) is 4.91. The molecule has 184 valence electrons. The van der Waals surface area contributed by atoms with E-state index in [1.165, 1.54) is 5.56 Å². The summed E-state index contributed by atoms with van der Waals surface area (Å²) in [5, 5.41) is 3.16. The number of hydrogen-bond acceptors (Lipinski definition) is 4. The van der Waals surface area contributed by atoms with Crippen molar-refractivity contribution in [3.63, 3.8) is 0 Å². The molecule has 0 saturated carbocycles. The Balaban J connectivity index is 1.33. The van der Waals surface area contributed by atoms with Crippen molar-refractivity contribution >= 4 is 22.8 Å².